The summed E-state index contributed by atoms with van der Waals surface area (Å²) in [5, 5.41) is 24.4. The van der Waals surface area contributed by atoms with Crippen LogP contribution in [0.25, 0.3) is 0 Å². The minimum absolute atomic E-state index is 0.0450. The topological polar surface area (TPSA) is 165 Å². The Hall–Kier alpha value is -3.34. The third-order valence-electron chi connectivity index (χ3n) is 6.79. The van der Waals surface area contributed by atoms with Crippen LogP contribution in [0.1, 0.15) is 41.0 Å². The number of hydrogen-bond donors (Lipinski definition) is 4. The van der Waals surface area contributed by atoms with Crippen molar-refractivity contribution in [3.63, 3.8) is 0 Å². The minimum atomic E-state index is -1.37. The molecule has 0 aromatic heterocycles. The Morgan fingerprint density at radius 3 is 2.34 bits per heavy atom. The third-order valence-corrected chi connectivity index (χ3v) is 6.79. The van der Waals surface area contributed by atoms with E-state index in [4.69, 9.17) is 15.2 Å². The first kappa shape index (κ1) is 30.9. The molecule has 0 fully saturated rings. The highest BCUT2D eigenvalue weighted by atomic mass is 16.6. The van der Waals surface area contributed by atoms with Crippen LogP contribution in [-0.4, -0.2) is 65.3 Å². The van der Waals surface area contributed by atoms with E-state index < -0.39 is 53.9 Å². The minimum Gasteiger partial charge on any atom is -0.441 e. The summed E-state index contributed by atoms with van der Waals surface area (Å²) in [5.41, 5.74) is 5.83. The molecular weight excluding hydrogens is 492 g/mol. The fourth-order valence-electron chi connectivity index (χ4n) is 4.73. The van der Waals surface area contributed by atoms with Crippen molar-refractivity contribution in [2.24, 2.45) is 23.5 Å². The molecule has 1 aliphatic carbocycles. The van der Waals surface area contributed by atoms with Gasteiger partial charge in [-0.05, 0) is 37.8 Å². The summed E-state index contributed by atoms with van der Waals surface area (Å²) >= 11 is 0. The number of nitrogens with one attached hydrogen (secondary N) is 1. The second kappa shape index (κ2) is 13.5. The molecule has 7 atom stereocenters. The number of methoxy groups -OCH3 is 1. The van der Waals surface area contributed by atoms with Crippen molar-refractivity contribution in [1.29, 1.82) is 0 Å². The Bertz CT molecular complexity index is 1100. The maximum Gasteiger partial charge on any atom is 0.405 e. The van der Waals surface area contributed by atoms with Crippen LogP contribution in [0.5, 0.6) is 0 Å². The van der Waals surface area contributed by atoms with Crippen molar-refractivity contribution in [2.75, 3.05) is 7.11 Å². The zero-order valence-electron chi connectivity index (χ0n) is 22.6. The number of carbonyl (C=O) groups is 4. The Balaban J connectivity index is 2.55. The van der Waals surface area contributed by atoms with Gasteiger partial charge >= 0.3 is 6.09 Å². The van der Waals surface area contributed by atoms with Crippen molar-refractivity contribution in [3.8, 4) is 0 Å². The number of aliphatic hydroxyl groups excluding tert-OH is 2. The lowest BCUT2D eigenvalue weighted by Crippen LogP contribution is -2.39. The predicted molar refractivity (Wildman–Crippen MR) is 140 cm³/mol. The number of aliphatic hydroxyl groups is 2. The van der Waals surface area contributed by atoms with Gasteiger partial charge in [-0.2, -0.15) is 0 Å². The molecule has 38 heavy (non-hydrogen) atoms. The molecule has 7 unspecified atom stereocenters. The molecule has 10 heteroatoms. The maximum absolute atomic E-state index is 13.0. The van der Waals surface area contributed by atoms with Crippen LogP contribution >= 0.6 is 0 Å². The predicted octanol–water partition coefficient (Wildman–Crippen LogP) is 2.03. The van der Waals surface area contributed by atoms with Gasteiger partial charge in [0.2, 0.25) is 5.78 Å². The number of allylic oxidation sites excluding steroid dienone is 5. The maximum atomic E-state index is 13.0. The van der Waals surface area contributed by atoms with Gasteiger partial charge in [-0.25, -0.2) is 4.79 Å². The van der Waals surface area contributed by atoms with Crippen LogP contribution in [0, 0.1) is 17.8 Å². The molecule has 0 aromatic carbocycles. The van der Waals surface area contributed by atoms with E-state index in [1.807, 2.05) is 19.9 Å². The monoisotopic (exact) mass is 530 g/mol. The SMILES string of the molecule is COC1C(C)C=C(C)C(OC(N)=O)C(C)C=CC=C(C)C(=O)NC2=CC(=O)C=C(C2=O)C(O)C(C)CC1O. The number of carbonyl (C=O) groups excluding carboxylic acids is 4. The van der Waals surface area contributed by atoms with Crippen molar-refractivity contribution in [1.82, 2.24) is 5.32 Å². The standard InChI is InChI=1S/C28H38N2O8/c1-14-8-7-9-15(2)27(35)30-21-13-19(31)12-20(24(21)34)23(33)16(3)11-22(32)26(37-6)18(5)10-17(4)25(14)38-28(29)36/h7-10,12-14,16,18,22-23,25-26,32-33H,11H2,1-6H3,(H2,29,36)(H,30,35). The molecule has 2 bridgehead atoms. The summed E-state index contributed by atoms with van der Waals surface area (Å²) < 4.78 is 10.9. The van der Waals surface area contributed by atoms with Crippen LogP contribution in [0.4, 0.5) is 4.79 Å². The molecule has 1 aliphatic heterocycles. The second-order valence-corrected chi connectivity index (χ2v) is 9.99. The van der Waals surface area contributed by atoms with Crippen molar-refractivity contribution in [2.45, 2.75) is 65.5 Å². The Morgan fingerprint density at radius 2 is 1.74 bits per heavy atom. The lowest BCUT2D eigenvalue weighted by atomic mass is 9.84. The molecule has 0 aromatic rings. The van der Waals surface area contributed by atoms with Gasteiger partial charge in [-0.1, -0.05) is 45.1 Å². The highest BCUT2D eigenvalue weighted by Gasteiger charge is 2.34. The zero-order valence-corrected chi connectivity index (χ0v) is 22.6. The number of Topliss-reactive ketones (excluding diaryl/α,β-unsaturated/α-hetero) is 1. The summed E-state index contributed by atoms with van der Waals surface area (Å²) in [6, 6.07) is 0. The van der Waals surface area contributed by atoms with E-state index in [1.54, 1.807) is 26.0 Å². The average Bonchev–Trinajstić information content (AvgIpc) is 2.83. The fraction of sp³-hybridized carbons (Fsp3) is 0.500. The molecule has 1 heterocycles. The van der Waals surface area contributed by atoms with E-state index in [2.05, 4.69) is 5.32 Å². The number of amides is 2. The van der Waals surface area contributed by atoms with Gasteiger partial charge in [0, 0.05) is 36.2 Å². The number of nitrogens with two attached hydrogens (primary N) is 1. The molecule has 10 nitrogen and oxygen atoms in total. The lowest BCUT2D eigenvalue weighted by molar-refractivity contribution is -0.120. The first-order valence-corrected chi connectivity index (χ1v) is 12.5. The highest BCUT2D eigenvalue weighted by molar-refractivity contribution is 6.22. The largest absolute Gasteiger partial charge is 0.441 e. The van der Waals surface area contributed by atoms with Gasteiger partial charge in [0.05, 0.1) is 24.0 Å². The summed E-state index contributed by atoms with van der Waals surface area (Å²) in [7, 11) is 1.45. The smallest absolute Gasteiger partial charge is 0.405 e. The summed E-state index contributed by atoms with van der Waals surface area (Å²) in [6.45, 7) is 8.60. The van der Waals surface area contributed by atoms with E-state index in [9.17, 15) is 29.4 Å². The molecule has 0 spiro atoms. The van der Waals surface area contributed by atoms with E-state index in [0.29, 0.717) is 5.57 Å². The number of primary amides is 1. The van der Waals surface area contributed by atoms with E-state index >= 15 is 0 Å². The summed E-state index contributed by atoms with van der Waals surface area (Å²) in [4.78, 5) is 49.6. The molecular formula is C28H38N2O8. The number of ketones is 2. The highest BCUT2D eigenvalue weighted by Crippen LogP contribution is 2.27. The van der Waals surface area contributed by atoms with Gasteiger partial charge in [0.15, 0.2) is 5.78 Å². The van der Waals surface area contributed by atoms with E-state index in [0.717, 1.165) is 12.2 Å². The fourth-order valence-corrected chi connectivity index (χ4v) is 4.73. The Labute approximate surface area is 222 Å². The van der Waals surface area contributed by atoms with Gasteiger partial charge < -0.3 is 30.7 Å². The third kappa shape index (κ3) is 7.83. The van der Waals surface area contributed by atoms with Crippen LogP contribution in [0.2, 0.25) is 0 Å². The van der Waals surface area contributed by atoms with Crippen LogP contribution in [-0.2, 0) is 23.9 Å². The van der Waals surface area contributed by atoms with Gasteiger partial charge in [0.25, 0.3) is 5.91 Å². The van der Waals surface area contributed by atoms with Crippen LogP contribution in [0.15, 0.2) is 58.9 Å². The van der Waals surface area contributed by atoms with Gasteiger partial charge in [-0.3, -0.25) is 14.4 Å². The summed E-state index contributed by atoms with van der Waals surface area (Å²) in [6.07, 6.45) is 4.01. The number of ether oxygens (including phenoxy) is 2. The van der Waals surface area contributed by atoms with E-state index in [-0.39, 0.29) is 35.1 Å². The average molecular weight is 531 g/mol. The quantitative estimate of drug-likeness (QED) is 0.311. The summed E-state index contributed by atoms with van der Waals surface area (Å²) in [5.74, 6) is -3.15. The first-order valence-electron chi connectivity index (χ1n) is 12.5. The van der Waals surface area contributed by atoms with Crippen LogP contribution < -0.4 is 11.1 Å². The number of fused-ring (bicyclic) bond motifs is 2. The second-order valence-electron chi connectivity index (χ2n) is 9.99. The number of rotatable bonds is 2. The Morgan fingerprint density at radius 1 is 1.08 bits per heavy atom. The van der Waals surface area contributed by atoms with Gasteiger partial charge in [0.1, 0.15) is 6.10 Å². The molecule has 0 radical (unpaired) electrons. The van der Waals surface area contributed by atoms with E-state index in [1.165, 1.54) is 20.1 Å². The normalized spacial score (nSPS) is 32.0. The Kier molecular flexibility index (Phi) is 10.9. The van der Waals surface area contributed by atoms with Gasteiger partial charge in [-0.15, -0.1) is 0 Å². The molecule has 0 saturated carbocycles. The molecule has 2 amide bonds. The van der Waals surface area contributed by atoms with Crippen LogP contribution in [0.3, 0.4) is 0 Å². The molecule has 0 saturated heterocycles. The first-order chi connectivity index (χ1) is 17.8. The molecule has 2 rings (SSSR count). The zero-order chi connectivity index (χ0) is 28.7. The molecule has 208 valence electrons. The lowest BCUT2D eigenvalue weighted by Gasteiger charge is -2.31. The molecule has 5 N–H and O–H groups in total. The van der Waals surface area contributed by atoms with Crippen molar-refractivity contribution < 1.29 is 38.9 Å². The van der Waals surface area contributed by atoms with Crippen molar-refractivity contribution in [3.05, 3.63) is 58.9 Å². The van der Waals surface area contributed by atoms with Crippen molar-refractivity contribution >= 4 is 23.6 Å². The molecule has 2 aliphatic rings. The number of hydrogen-bond acceptors (Lipinski definition) is 8.